The number of rotatable bonds is 5. The summed E-state index contributed by atoms with van der Waals surface area (Å²) in [7, 11) is 0. The van der Waals surface area contributed by atoms with Crippen molar-refractivity contribution >= 4 is 34.7 Å². The summed E-state index contributed by atoms with van der Waals surface area (Å²) in [4.78, 5) is 28.5. The van der Waals surface area contributed by atoms with Gasteiger partial charge in [0.05, 0.1) is 17.3 Å². The highest BCUT2D eigenvalue weighted by Gasteiger charge is 2.29. The first-order chi connectivity index (χ1) is 12.6. The fraction of sp³-hybridized carbons (Fsp3) is 0.211. The highest BCUT2D eigenvalue weighted by atomic mass is 35.5. The molecule has 2 N–H and O–H groups in total. The number of carbonyl (C=O) groups is 2. The highest BCUT2D eigenvalue weighted by Crippen LogP contribution is 2.30. The quantitative estimate of drug-likeness (QED) is 0.725. The fourth-order valence-electron chi connectivity index (χ4n) is 2.67. The van der Waals surface area contributed by atoms with E-state index in [2.05, 4.69) is 15.6 Å². The van der Waals surface area contributed by atoms with Crippen molar-refractivity contribution in [3.63, 3.8) is 0 Å². The molecule has 7 heteroatoms. The minimum atomic E-state index is -0.194. The summed E-state index contributed by atoms with van der Waals surface area (Å²) < 4.78 is 1.82. The lowest BCUT2D eigenvalue weighted by molar-refractivity contribution is -0.117. The topological polar surface area (TPSA) is 75.5 Å². The van der Waals surface area contributed by atoms with Crippen LogP contribution < -0.4 is 10.6 Å². The van der Waals surface area contributed by atoms with Gasteiger partial charge in [-0.05, 0) is 49.2 Å². The van der Waals surface area contributed by atoms with Crippen molar-refractivity contribution < 1.29 is 9.59 Å². The largest absolute Gasteiger partial charge is 0.346 e. The summed E-state index contributed by atoms with van der Waals surface area (Å²) in [6, 6.07) is 10.5. The van der Waals surface area contributed by atoms with Gasteiger partial charge in [0.15, 0.2) is 0 Å². The smallest absolute Gasteiger partial charge is 0.251 e. The summed E-state index contributed by atoms with van der Waals surface area (Å²) in [5.74, 6) is 0.00703. The van der Waals surface area contributed by atoms with Crippen molar-refractivity contribution in [3.05, 3.63) is 65.1 Å². The monoisotopic (exact) mass is 368 g/mol. The molecule has 0 aliphatic heterocycles. The summed E-state index contributed by atoms with van der Waals surface area (Å²) >= 11 is 5.96. The van der Waals surface area contributed by atoms with Crippen LogP contribution in [-0.2, 0) is 11.3 Å². The van der Waals surface area contributed by atoms with Crippen LogP contribution in [0.4, 0.5) is 5.69 Å². The predicted molar refractivity (Wildman–Crippen MR) is 99.2 cm³/mol. The zero-order valence-corrected chi connectivity index (χ0v) is 14.7. The van der Waals surface area contributed by atoms with Crippen LogP contribution in [0.3, 0.4) is 0 Å². The Labute approximate surface area is 155 Å². The maximum absolute atomic E-state index is 12.3. The molecule has 1 fully saturated rings. The molecule has 1 aliphatic rings. The third kappa shape index (κ3) is 3.70. The van der Waals surface area contributed by atoms with Gasteiger partial charge in [0.2, 0.25) is 5.91 Å². The van der Waals surface area contributed by atoms with Crippen LogP contribution in [-0.4, -0.2) is 21.2 Å². The van der Waals surface area contributed by atoms with E-state index in [1.807, 2.05) is 16.7 Å². The molecule has 3 aromatic rings. The first-order valence-corrected chi connectivity index (χ1v) is 8.78. The second-order valence-electron chi connectivity index (χ2n) is 6.37. The Kier molecular flexibility index (Phi) is 4.34. The summed E-state index contributed by atoms with van der Waals surface area (Å²) in [6.45, 7) is 0.318. The highest BCUT2D eigenvalue weighted by molar-refractivity contribution is 6.30. The minimum Gasteiger partial charge on any atom is -0.346 e. The minimum absolute atomic E-state index is 0.0501. The molecule has 0 unspecified atom stereocenters. The number of nitrogens with one attached hydrogen (secondary N) is 2. The van der Waals surface area contributed by atoms with E-state index in [4.69, 9.17) is 11.6 Å². The number of halogens is 1. The van der Waals surface area contributed by atoms with Crippen LogP contribution in [0.15, 0.2) is 48.8 Å². The molecule has 0 saturated heterocycles. The maximum Gasteiger partial charge on any atom is 0.251 e. The summed E-state index contributed by atoms with van der Waals surface area (Å²) in [6.07, 6.45) is 5.52. The van der Waals surface area contributed by atoms with Gasteiger partial charge in [-0.2, -0.15) is 0 Å². The van der Waals surface area contributed by atoms with E-state index in [1.165, 1.54) is 0 Å². The number of fused-ring (bicyclic) bond motifs is 1. The van der Waals surface area contributed by atoms with E-state index in [0.29, 0.717) is 22.8 Å². The van der Waals surface area contributed by atoms with Crippen molar-refractivity contribution in [2.24, 2.45) is 5.92 Å². The van der Waals surface area contributed by atoms with E-state index in [9.17, 15) is 9.59 Å². The summed E-state index contributed by atoms with van der Waals surface area (Å²) in [5, 5.41) is 6.32. The molecule has 2 heterocycles. The van der Waals surface area contributed by atoms with Crippen molar-refractivity contribution in [2.45, 2.75) is 19.4 Å². The third-order valence-electron chi connectivity index (χ3n) is 4.26. The predicted octanol–water partition coefficient (Wildman–Crippen LogP) is 3.27. The average Bonchev–Trinajstić information content (AvgIpc) is 3.41. The van der Waals surface area contributed by atoms with Crippen LogP contribution in [0.25, 0.3) is 5.65 Å². The summed E-state index contributed by atoms with van der Waals surface area (Å²) in [5.41, 5.74) is 2.75. The van der Waals surface area contributed by atoms with Crippen molar-refractivity contribution in [1.82, 2.24) is 14.7 Å². The molecule has 0 atom stereocenters. The van der Waals surface area contributed by atoms with Gasteiger partial charge in [0, 0.05) is 29.6 Å². The van der Waals surface area contributed by atoms with Crippen LogP contribution in [0.1, 0.15) is 28.9 Å². The number of carbonyl (C=O) groups excluding carboxylic acids is 2. The number of anilines is 1. The number of nitrogens with zero attached hydrogens (tertiary/aromatic N) is 2. The molecule has 6 nitrogen and oxygen atoms in total. The second-order valence-corrected chi connectivity index (χ2v) is 6.81. The lowest BCUT2D eigenvalue weighted by Gasteiger charge is -2.06. The molecule has 2 aromatic heterocycles. The van der Waals surface area contributed by atoms with Gasteiger partial charge >= 0.3 is 0 Å². The molecule has 1 saturated carbocycles. The molecular weight excluding hydrogens is 352 g/mol. The zero-order valence-electron chi connectivity index (χ0n) is 13.9. The van der Waals surface area contributed by atoms with Gasteiger partial charge in [-0.15, -0.1) is 0 Å². The molecule has 132 valence electrons. The van der Waals surface area contributed by atoms with Gasteiger partial charge in [-0.25, -0.2) is 4.98 Å². The molecule has 1 aromatic carbocycles. The Bertz CT molecular complexity index is 977. The Morgan fingerprint density at radius 2 is 1.88 bits per heavy atom. The van der Waals surface area contributed by atoms with Gasteiger partial charge < -0.3 is 15.0 Å². The Morgan fingerprint density at radius 3 is 2.62 bits per heavy atom. The maximum atomic E-state index is 12.3. The number of imidazole rings is 1. The van der Waals surface area contributed by atoms with Gasteiger partial charge in [0.25, 0.3) is 5.91 Å². The SMILES string of the molecule is O=C(NCc1cn2cc(Cl)ccc2n1)c1ccc(NC(=O)C2CC2)cc1. The fourth-order valence-corrected chi connectivity index (χ4v) is 2.84. The van der Waals surface area contributed by atoms with Crippen molar-refractivity contribution in [2.75, 3.05) is 5.32 Å². The lowest BCUT2D eigenvalue weighted by Crippen LogP contribution is -2.23. The van der Waals surface area contributed by atoms with E-state index in [0.717, 1.165) is 24.2 Å². The second kappa shape index (κ2) is 6.80. The molecule has 1 aliphatic carbocycles. The van der Waals surface area contributed by atoms with E-state index < -0.39 is 0 Å². The number of pyridine rings is 1. The molecule has 2 amide bonds. The number of amides is 2. The Hall–Kier alpha value is -2.86. The van der Waals surface area contributed by atoms with Gasteiger partial charge in [-0.3, -0.25) is 9.59 Å². The molecule has 4 rings (SSSR count). The van der Waals surface area contributed by atoms with E-state index >= 15 is 0 Å². The molecule has 0 spiro atoms. The lowest BCUT2D eigenvalue weighted by atomic mass is 10.2. The standard InChI is InChI=1S/C19H17ClN4O2/c20-14-5-8-17-22-16(11-24(17)10-14)9-21-18(25)12-3-6-15(7-4-12)23-19(26)13-1-2-13/h3-8,10-11,13H,1-2,9H2,(H,21,25)(H,23,26). The van der Waals surface area contributed by atoms with E-state index in [1.54, 1.807) is 36.5 Å². The number of aromatic nitrogens is 2. The molecule has 0 radical (unpaired) electrons. The van der Waals surface area contributed by atoms with Crippen molar-refractivity contribution in [1.29, 1.82) is 0 Å². The van der Waals surface area contributed by atoms with Gasteiger partial charge in [-0.1, -0.05) is 11.6 Å². The number of hydrogen-bond acceptors (Lipinski definition) is 3. The van der Waals surface area contributed by atoms with Crippen LogP contribution >= 0.6 is 11.6 Å². The Balaban J connectivity index is 1.36. The van der Waals surface area contributed by atoms with E-state index in [-0.39, 0.29) is 17.7 Å². The molecule has 26 heavy (non-hydrogen) atoms. The number of hydrogen-bond donors (Lipinski definition) is 2. The van der Waals surface area contributed by atoms with Crippen molar-refractivity contribution in [3.8, 4) is 0 Å². The zero-order chi connectivity index (χ0) is 18.1. The average molecular weight is 369 g/mol. The van der Waals surface area contributed by atoms with Crippen LogP contribution in [0, 0.1) is 5.92 Å². The number of benzene rings is 1. The molecular formula is C19H17ClN4O2. The third-order valence-corrected chi connectivity index (χ3v) is 4.48. The van der Waals surface area contributed by atoms with Crippen LogP contribution in [0.5, 0.6) is 0 Å². The first kappa shape index (κ1) is 16.6. The Morgan fingerprint density at radius 1 is 1.12 bits per heavy atom. The van der Waals surface area contributed by atoms with Gasteiger partial charge in [0.1, 0.15) is 5.65 Å². The van der Waals surface area contributed by atoms with Crippen LogP contribution in [0.2, 0.25) is 5.02 Å². The first-order valence-electron chi connectivity index (χ1n) is 8.41. The normalized spacial score (nSPS) is 13.6. The molecule has 0 bridgehead atoms.